The monoisotopic (exact) mass is 395 g/mol. The van der Waals surface area contributed by atoms with Crippen molar-refractivity contribution < 1.29 is 14.3 Å². The maximum absolute atomic E-state index is 13.6. The van der Waals surface area contributed by atoms with Crippen LogP contribution in [0.15, 0.2) is 54.6 Å². The molecule has 6 heteroatoms. The van der Waals surface area contributed by atoms with Crippen LogP contribution in [0.2, 0.25) is 0 Å². The molecule has 2 aromatic carbocycles. The summed E-state index contributed by atoms with van der Waals surface area (Å²) in [5.41, 5.74) is 1.98. The topological polar surface area (TPSA) is 61.9 Å². The first kappa shape index (κ1) is 20.9. The van der Waals surface area contributed by atoms with Crippen molar-refractivity contribution in [3.63, 3.8) is 0 Å². The molecule has 0 unspecified atom stereocenters. The van der Waals surface area contributed by atoms with Gasteiger partial charge in [-0.3, -0.25) is 9.59 Å². The molecule has 0 saturated heterocycles. The molecule has 0 bridgehead atoms. The normalized spacial score (nSPS) is 17.1. The van der Waals surface area contributed by atoms with Crippen molar-refractivity contribution in [1.82, 2.24) is 15.1 Å². The van der Waals surface area contributed by atoms with E-state index in [4.69, 9.17) is 4.74 Å². The second kappa shape index (κ2) is 9.56. The van der Waals surface area contributed by atoms with Gasteiger partial charge in [0, 0.05) is 32.0 Å². The first-order valence-electron chi connectivity index (χ1n) is 9.91. The highest BCUT2D eigenvalue weighted by Gasteiger charge is 2.33. The molecule has 2 aromatic rings. The Balaban J connectivity index is 1.89. The van der Waals surface area contributed by atoms with Crippen molar-refractivity contribution in [3.8, 4) is 5.75 Å². The Morgan fingerprint density at radius 3 is 2.52 bits per heavy atom. The third kappa shape index (κ3) is 5.57. The molecule has 6 nitrogen and oxygen atoms in total. The van der Waals surface area contributed by atoms with Gasteiger partial charge in [0.15, 0.2) is 0 Å². The van der Waals surface area contributed by atoms with Crippen LogP contribution >= 0.6 is 0 Å². The number of hydrogen-bond acceptors (Lipinski definition) is 4. The van der Waals surface area contributed by atoms with E-state index in [1.54, 1.807) is 0 Å². The number of ether oxygens (including phenoxy) is 1. The van der Waals surface area contributed by atoms with Crippen LogP contribution in [0.5, 0.6) is 5.75 Å². The van der Waals surface area contributed by atoms with E-state index in [9.17, 15) is 9.59 Å². The number of benzene rings is 2. The first-order chi connectivity index (χ1) is 13.9. The molecule has 1 aliphatic rings. The van der Waals surface area contributed by atoms with Gasteiger partial charge in [-0.2, -0.15) is 0 Å². The van der Waals surface area contributed by atoms with Crippen molar-refractivity contribution in [3.05, 3.63) is 65.7 Å². The summed E-state index contributed by atoms with van der Waals surface area (Å²) in [5, 5.41) is 2.86. The Morgan fingerprint density at radius 2 is 1.83 bits per heavy atom. The van der Waals surface area contributed by atoms with E-state index in [1.807, 2.05) is 73.6 Å². The van der Waals surface area contributed by atoms with Crippen molar-refractivity contribution in [2.75, 3.05) is 27.2 Å². The minimum absolute atomic E-state index is 0.0868. The van der Waals surface area contributed by atoms with Crippen molar-refractivity contribution in [1.29, 1.82) is 0 Å². The highest BCUT2D eigenvalue weighted by atomic mass is 16.5. The van der Waals surface area contributed by atoms with Crippen LogP contribution in [-0.2, 0) is 22.6 Å². The Bertz CT molecular complexity index is 838. The quantitative estimate of drug-likeness (QED) is 0.814. The Hall–Kier alpha value is -2.86. The zero-order valence-electron chi connectivity index (χ0n) is 17.3. The fourth-order valence-corrected chi connectivity index (χ4v) is 3.69. The zero-order valence-corrected chi connectivity index (χ0v) is 17.3. The van der Waals surface area contributed by atoms with Crippen LogP contribution in [0, 0.1) is 0 Å². The molecule has 0 radical (unpaired) electrons. The van der Waals surface area contributed by atoms with E-state index in [-0.39, 0.29) is 17.9 Å². The predicted molar refractivity (Wildman–Crippen MR) is 113 cm³/mol. The number of likely N-dealkylation sites (N-methyl/N-ethyl adjacent to an activating group) is 1. The Kier molecular flexibility index (Phi) is 6.88. The van der Waals surface area contributed by atoms with Crippen molar-refractivity contribution in [2.24, 2.45) is 0 Å². The lowest BCUT2D eigenvalue weighted by molar-refractivity contribution is -0.139. The van der Waals surface area contributed by atoms with E-state index >= 15 is 0 Å². The van der Waals surface area contributed by atoms with Crippen LogP contribution in [0.1, 0.15) is 18.1 Å². The molecule has 1 heterocycles. The fraction of sp³-hybridized carbons (Fsp3) is 0.391. The largest absolute Gasteiger partial charge is 0.491 e. The molecule has 0 aliphatic carbocycles. The fourth-order valence-electron chi connectivity index (χ4n) is 3.69. The third-order valence-electron chi connectivity index (χ3n) is 5.00. The molecule has 0 spiro atoms. The molecule has 1 N–H and O–H groups in total. The van der Waals surface area contributed by atoms with Crippen LogP contribution in [-0.4, -0.2) is 60.9 Å². The maximum Gasteiger partial charge on any atom is 0.246 e. The number of para-hydroxylation sites is 1. The molecule has 3 rings (SSSR count). The number of fused-ring (bicyclic) bond motifs is 1. The standard InChI is InChI=1S/C23H29N3O3/c1-17(27)24-21(13-18-9-5-4-6-10-18)23(28)26-14-19-11-7-8-12-22(19)29-16-20(26)15-25(2)3/h4-12,20-21H,13-16H2,1-3H3,(H,24,27)/t20-,21+/m1/s1. The summed E-state index contributed by atoms with van der Waals surface area (Å²) in [6, 6.07) is 16.8. The maximum atomic E-state index is 13.6. The second-order valence-corrected chi connectivity index (χ2v) is 7.74. The Labute approximate surface area is 172 Å². The molecule has 2 atom stereocenters. The van der Waals surface area contributed by atoms with E-state index < -0.39 is 6.04 Å². The predicted octanol–water partition coefficient (Wildman–Crippen LogP) is 2.09. The molecule has 154 valence electrons. The number of carbonyl (C=O) groups excluding carboxylic acids is 2. The lowest BCUT2D eigenvalue weighted by Crippen LogP contribution is -2.55. The van der Waals surface area contributed by atoms with Crippen molar-refractivity contribution in [2.45, 2.75) is 32.0 Å². The molecule has 0 fully saturated rings. The van der Waals surface area contributed by atoms with Gasteiger partial charge in [0.1, 0.15) is 18.4 Å². The van der Waals surface area contributed by atoms with Gasteiger partial charge in [-0.05, 0) is 25.7 Å². The van der Waals surface area contributed by atoms with Gasteiger partial charge in [-0.15, -0.1) is 0 Å². The minimum atomic E-state index is -0.621. The average molecular weight is 396 g/mol. The third-order valence-corrected chi connectivity index (χ3v) is 5.00. The molecule has 2 amide bonds. The number of nitrogens with zero attached hydrogens (tertiary/aromatic N) is 2. The number of rotatable bonds is 6. The number of hydrogen-bond donors (Lipinski definition) is 1. The second-order valence-electron chi connectivity index (χ2n) is 7.74. The van der Waals surface area contributed by atoms with Gasteiger partial charge in [-0.1, -0.05) is 48.5 Å². The van der Waals surface area contributed by atoms with Gasteiger partial charge in [-0.25, -0.2) is 0 Å². The van der Waals surface area contributed by atoms with Gasteiger partial charge in [0.05, 0.1) is 6.04 Å². The number of carbonyl (C=O) groups is 2. The van der Waals surface area contributed by atoms with Gasteiger partial charge in [0.2, 0.25) is 11.8 Å². The summed E-state index contributed by atoms with van der Waals surface area (Å²) in [7, 11) is 3.96. The van der Waals surface area contributed by atoms with Gasteiger partial charge in [0.25, 0.3) is 0 Å². The van der Waals surface area contributed by atoms with E-state index in [2.05, 4.69) is 10.2 Å². The van der Waals surface area contributed by atoms with E-state index in [1.165, 1.54) is 6.92 Å². The number of amides is 2. The summed E-state index contributed by atoms with van der Waals surface area (Å²) in [5.74, 6) is 0.511. The molecule has 0 saturated carbocycles. The summed E-state index contributed by atoms with van der Waals surface area (Å²) >= 11 is 0. The highest BCUT2D eigenvalue weighted by Crippen LogP contribution is 2.26. The molecular weight excluding hydrogens is 366 g/mol. The molecule has 29 heavy (non-hydrogen) atoms. The van der Waals surface area contributed by atoms with Gasteiger partial charge >= 0.3 is 0 Å². The Morgan fingerprint density at radius 1 is 1.14 bits per heavy atom. The molecule has 0 aromatic heterocycles. The lowest BCUT2D eigenvalue weighted by atomic mass is 10.0. The first-order valence-corrected chi connectivity index (χ1v) is 9.91. The van der Waals surface area contributed by atoms with E-state index in [0.717, 1.165) is 16.9 Å². The summed E-state index contributed by atoms with van der Waals surface area (Å²) in [4.78, 5) is 29.4. The van der Waals surface area contributed by atoms with Crippen LogP contribution in [0.4, 0.5) is 0 Å². The lowest BCUT2D eigenvalue weighted by Gasteiger charge is -2.34. The van der Waals surface area contributed by atoms with Crippen LogP contribution in [0.25, 0.3) is 0 Å². The zero-order chi connectivity index (χ0) is 20.8. The van der Waals surface area contributed by atoms with Crippen LogP contribution < -0.4 is 10.1 Å². The van der Waals surface area contributed by atoms with E-state index in [0.29, 0.717) is 26.1 Å². The van der Waals surface area contributed by atoms with Crippen molar-refractivity contribution >= 4 is 11.8 Å². The molecular formula is C23H29N3O3. The number of nitrogens with one attached hydrogen (secondary N) is 1. The molecule has 1 aliphatic heterocycles. The summed E-state index contributed by atoms with van der Waals surface area (Å²) in [6.45, 7) is 3.00. The average Bonchev–Trinajstić information content (AvgIpc) is 2.87. The summed E-state index contributed by atoms with van der Waals surface area (Å²) in [6.07, 6.45) is 0.451. The highest BCUT2D eigenvalue weighted by molar-refractivity contribution is 5.87. The minimum Gasteiger partial charge on any atom is -0.491 e. The summed E-state index contributed by atoms with van der Waals surface area (Å²) < 4.78 is 6.01. The smallest absolute Gasteiger partial charge is 0.246 e. The van der Waals surface area contributed by atoms with Crippen LogP contribution in [0.3, 0.4) is 0 Å². The SMILES string of the molecule is CC(=O)N[C@@H](Cc1ccccc1)C(=O)N1Cc2ccccc2OC[C@H]1CN(C)C. The van der Waals surface area contributed by atoms with Gasteiger partial charge < -0.3 is 19.9 Å².